The van der Waals surface area contributed by atoms with Crippen LogP contribution in [0.3, 0.4) is 0 Å². The van der Waals surface area contributed by atoms with Gasteiger partial charge in [-0.05, 0) is 26.1 Å². The first-order valence-corrected chi connectivity index (χ1v) is 7.36. The molecule has 1 saturated heterocycles. The van der Waals surface area contributed by atoms with Gasteiger partial charge in [0.1, 0.15) is 0 Å². The molecule has 1 fully saturated rings. The van der Waals surface area contributed by atoms with Crippen LogP contribution in [0.2, 0.25) is 0 Å². The summed E-state index contributed by atoms with van der Waals surface area (Å²) in [6.07, 6.45) is 0. The molecule has 2 aromatic rings. The molecule has 5 nitrogen and oxygen atoms in total. The van der Waals surface area contributed by atoms with E-state index in [4.69, 9.17) is 0 Å². The van der Waals surface area contributed by atoms with E-state index in [0.717, 1.165) is 24.0 Å². The Morgan fingerprint density at radius 1 is 1.29 bits per heavy atom. The second kappa shape index (κ2) is 5.15. The van der Waals surface area contributed by atoms with Crippen LogP contribution in [0.4, 0.5) is 0 Å². The fourth-order valence-electron chi connectivity index (χ4n) is 3.31. The van der Waals surface area contributed by atoms with Gasteiger partial charge in [0, 0.05) is 31.6 Å². The predicted octanol–water partition coefficient (Wildman–Crippen LogP) is 1.60. The van der Waals surface area contributed by atoms with E-state index in [9.17, 15) is 4.79 Å². The van der Waals surface area contributed by atoms with E-state index >= 15 is 0 Å². The minimum absolute atomic E-state index is 0.0444. The Morgan fingerprint density at radius 2 is 2.00 bits per heavy atom. The number of carbonyl (C=O) groups is 1. The molecule has 0 spiro atoms. The zero-order valence-electron chi connectivity index (χ0n) is 13.1. The van der Waals surface area contributed by atoms with Gasteiger partial charge in [-0.15, -0.1) is 0 Å². The molecule has 0 saturated carbocycles. The van der Waals surface area contributed by atoms with Crippen molar-refractivity contribution < 1.29 is 4.79 Å². The first-order chi connectivity index (χ1) is 9.99. The van der Waals surface area contributed by atoms with Crippen molar-refractivity contribution in [3.05, 3.63) is 30.0 Å². The van der Waals surface area contributed by atoms with E-state index in [1.807, 2.05) is 36.2 Å². The molecule has 0 bridgehead atoms. The summed E-state index contributed by atoms with van der Waals surface area (Å²) in [5.41, 5.74) is 1.57. The summed E-state index contributed by atoms with van der Waals surface area (Å²) in [6.45, 7) is 3.78. The Labute approximate surface area is 125 Å². The summed E-state index contributed by atoms with van der Waals surface area (Å²) < 4.78 is 1.78. The third kappa shape index (κ3) is 2.31. The Bertz CT molecular complexity index is 676. The fourth-order valence-corrected chi connectivity index (χ4v) is 3.31. The molecule has 2 atom stereocenters. The number of hydrogen-bond donors (Lipinski definition) is 0. The quantitative estimate of drug-likeness (QED) is 0.842. The van der Waals surface area contributed by atoms with E-state index in [1.165, 1.54) is 0 Å². The molecule has 0 radical (unpaired) electrons. The maximum absolute atomic E-state index is 12.8. The van der Waals surface area contributed by atoms with Crippen LogP contribution >= 0.6 is 0 Å². The lowest BCUT2D eigenvalue weighted by Crippen LogP contribution is -2.36. The first-order valence-electron chi connectivity index (χ1n) is 7.36. The van der Waals surface area contributed by atoms with Crippen molar-refractivity contribution in [2.75, 3.05) is 27.2 Å². The van der Waals surface area contributed by atoms with Gasteiger partial charge in [-0.25, -0.2) is 0 Å². The third-order valence-corrected chi connectivity index (χ3v) is 4.48. The van der Waals surface area contributed by atoms with Gasteiger partial charge >= 0.3 is 0 Å². The number of aryl methyl sites for hydroxylation is 1. The third-order valence-electron chi connectivity index (χ3n) is 4.48. The number of likely N-dealkylation sites (N-methyl/N-ethyl adjacent to an activating group) is 1. The highest BCUT2D eigenvalue weighted by molar-refractivity contribution is 6.04. The van der Waals surface area contributed by atoms with E-state index in [-0.39, 0.29) is 5.91 Å². The molecule has 3 rings (SSSR count). The molecule has 1 aromatic carbocycles. The standard InChI is InChI=1S/C16H22N4O/c1-11-9-20(10-14(11)18(2)3)16(21)15-12-7-5-6-8-13(12)19(4)17-15/h5-8,11,14H,9-10H2,1-4H3/t11-,14+/m0/s1. The number of benzene rings is 1. The summed E-state index contributed by atoms with van der Waals surface area (Å²) in [5, 5.41) is 5.38. The zero-order valence-corrected chi connectivity index (χ0v) is 13.1. The Kier molecular flexibility index (Phi) is 3.45. The largest absolute Gasteiger partial charge is 0.335 e. The molecule has 112 valence electrons. The molecular formula is C16H22N4O. The van der Waals surface area contributed by atoms with Crippen molar-refractivity contribution in [1.82, 2.24) is 19.6 Å². The van der Waals surface area contributed by atoms with Crippen molar-refractivity contribution in [3.8, 4) is 0 Å². The number of para-hydroxylation sites is 1. The average molecular weight is 286 g/mol. The van der Waals surface area contributed by atoms with Gasteiger partial charge in [0.25, 0.3) is 5.91 Å². The number of nitrogens with zero attached hydrogens (tertiary/aromatic N) is 4. The smallest absolute Gasteiger partial charge is 0.275 e. The number of hydrogen-bond acceptors (Lipinski definition) is 3. The van der Waals surface area contributed by atoms with Crippen molar-refractivity contribution in [2.45, 2.75) is 13.0 Å². The maximum Gasteiger partial charge on any atom is 0.275 e. The van der Waals surface area contributed by atoms with Crippen molar-refractivity contribution in [1.29, 1.82) is 0 Å². The topological polar surface area (TPSA) is 41.4 Å². The van der Waals surface area contributed by atoms with Gasteiger partial charge in [-0.2, -0.15) is 5.10 Å². The average Bonchev–Trinajstić information content (AvgIpc) is 3.00. The lowest BCUT2D eigenvalue weighted by Gasteiger charge is -2.22. The minimum atomic E-state index is 0.0444. The molecule has 0 N–H and O–H groups in total. The van der Waals surface area contributed by atoms with Crippen molar-refractivity contribution in [2.24, 2.45) is 13.0 Å². The molecule has 0 unspecified atom stereocenters. The lowest BCUT2D eigenvalue weighted by atomic mass is 10.1. The van der Waals surface area contributed by atoms with Gasteiger partial charge in [0.05, 0.1) is 5.52 Å². The summed E-state index contributed by atoms with van der Waals surface area (Å²) in [7, 11) is 6.03. The van der Waals surface area contributed by atoms with Crippen LogP contribution in [0.5, 0.6) is 0 Å². The number of likely N-dealkylation sites (tertiary alicyclic amines) is 1. The number of aromatic nitrogens is 2. The Morgan fingerprint density at radius 3 is 2.67 bits per heavy atom. The number of carbonyl (C=O) groups excluding carboxylic acids is 1. The zero-order chi connectivity index (χ0) is 15.1. The first kappa shape index (κ1) is 14.1. The van der Waals surface area contributed by atoms with Crippen LogP contribution < -0.4 is 0 Å². The maximum atomic E-state index is 12.8. The summed E-state index contributed by atoms with van der Waals surface area (Å²) in [5.74, 6) is 0.530. The van der Waals surface area contributed by atoms with E-state index in [1.54, 1.807) is 4.68 Å². The second-order valence-corrected chi connectivity index (χ2v) is 6.21. The highest BCUT2D eigenvalue weighted by Crippen LogP contribution is 2.24. The van der Waals surface area contributed by atoms with Gasteiger partial charge in [-0.3, -0.25) is 9.48 Å². The number of fused-ring (bicyclic) bond motifs is 1. The minimum Gasteiger partial charge on any atom is -0.335 e. The van der Waals surface area contributed by atoms with Crippen LogP contribution in [-0.2, 0) is 7.05 Å². The molecule has 2 heterocycles. The van der Waals surface area contributed by atoms with Crippen LogP contribution in [0.25, 0.3) is 10.9 Å². The SMILES string of the molecule is C[C@H]1CN(C(=O)c2nn(C)c3ccccc23)C[C@H]1N(C)C. The van der Waals surface area contributed by atoms with Gasteiger partial charge in [0.15, 0.2) is 5.69 Å². The molecule has 1 amide bonds. The van der Waals surface area contributed by atoms with Crippen LogP contribution in [-0.4, -0.2) is 58.7 Å². The number of amides is 1. The van der Waals surface area contributed by atoms with Gasteiger partial charge in [0.2, 0.25) is 0 Å². The molecule has 21 heavy (non-hydrogen) atoms. The molecule has 1 aromatic heterocycles. The van der Waals surface area contributed by atoms with Crippen molar-refractivity contribution >= 4 is 16.8 Å². The van der Waals surface area contributed by atoms with Crippen LogP contribution in [0, 0.1) is 5.92 Å². The Hall–Kier alpha value is -1.88. The highest BCUT2D eigenvalue weighted by Gasteiger charge is 2.35. The lowest BCUT2D eigenvalue weighted by molar-refractivity contribution is 0.0776. The molecule has 5 heteroatoms. The Balaban J connectivity index is 1.92. The predicted molar refractivity (Wildman–Crippen MR) is 83.3 cm³/mol. The molecule has 1 aliphatic rings. The normalized spacial score (nSPS) is 22.4. The summed E-state index contributed by atoms with van der Waals surface area (Å²) >= 11 is 0. The molecule has 0 aliphatic carbocycles. The molecular weight excluding hydrogens is 264 g/mol. The van der Waals surface area contributed by atoms with Crippen LogP contribution in [0.1, 0.15) is 17.4 Å². The molecule has 1 aliphatic heterocycles. The van der Waals surface area contributed by atoms with Gasteiger partial charge < -0.3 is 9.80 Å². The highest BCUT2D eigenvalue weighted by atomic mass is 16.2. The van der Waals surface area contributed by atoms with Crippen LogP contribution in [0.15, 0.2) is 24.3 Å². The summed E-state index contributed by atoms with van der Waals surface area (Å²) in [4.78, 5) is 17.0. The number of rotatable bonds is 2. The van der Waals surface area contributed by atoms with E-state index in [2.05, 4.69) is 31.0 Å². The summed E-state index contributed by atoms with van der Waals surface area (Å²) in [6, 6.07) is 8.31. The monoisotopic (exact) mass is 286 g/mol. The second-order valence-electron chi connectivity index (χ2n) is 6.21. The van der Waals surface area contributed by atoms with Crippen molar-refractivity contribution in [3.63, 3.8) is 0 Å². The fraction of sp³-hybridized carbons (Fsp3) is 0.500. The van der Waals surface area contributed by atoms with Gasteiger partial charge in [-0.1, -0.05) is 25.1 Å². The van der Waals surface area contributed by atoms with E-state index in [0.29, 0.717) is 17.7 Å². The van der Waals surface area contributed by atoms with E-state index < -0.39 is 0 Å².